The van der Waals surface area contributed by atoms with E-state index in [2.05, 4.69) is 5.32 Å². The van der Waals surface area contributed by atoms with Crippen LogP contribution in [-0.2, 0) is 9.59 Å². The molecule has 8 heteroatoms. The molecule has 0 radical (unpaired) electrons. The van der Waals surface area contributed by atoms with E-state index in [4.69, 9.17) is 9.15 Å². The first-order valence-electron chi connectivity index (χ1n) is 10.2. The minimum absolute atomic E-state index is 0.184. The molecule has 3 aliphatic heterocycles. The van der Waals surface area contributed by atoms with Gasteiger partial charge in [0, 0.05) is 38.5 Å². The van der Waals surface area contributed by atoms with Crippen molar-refractivity contribution in [2.24, 2.45) is 5.92 Å². The van der Waals surface area contributed by atoms with Crippen LogP contribution in [0.5, 0.6) is 5.75 Å². The van der Waals surface area contributed by atoms with Gasteiger partial charge in [0.05, 0.1) is 6.26 Å². The van der Waals surface area contributed by atoms with Crippen molar-refractivity contribution in [3.63, 3.8) is 0 Å². The van der Waals surface area contributed by atoms with Gasteiger partial charge in [-0.1, -0.05) is 18.2 Å². The third kappa shape index (κ3) is 3.03. The van der Waals surface area contributed by atoms with Gasteiger partial charge in [-0.25, -0.2) is 0 Å². The molecule has 2 saturated heterocycles. The summed E-state index contributed by atoms with van der Waals surface area (Å²) in [6.45, 7) is 3.42. The maximum Gasteiger partial charge on any atom is 0.289 e. The van der Waals surface area contributed by atoms with Crippen LogP contribution >= 0.6 is 0 Å². The van der Waals surface area contributed by atoms with Crippen LogP contribution < -0.4 is 10.1 Å². The largest absolute Gasteiger partial charge is 0.468 e. The summed E-state index contributed by atoms with van der Waals surface area (Å²) < 4.78 is 11.2. The van der Waals surface area contributed by atoms with E-state index in [9.17, 15) is 14.4 Å². The van der Waals surface area contributed by atoms with E-state index >= 15 is 0 Å². The molecule has 0 spiro atoms. The van der Waals surface area contributed by atoms with Gasteiger partial charge in [0.1, 0.15) is 11.7 Å². The molecule has 2 fully saturated rings. The lowest BCUT2D eigenvalue weighted by Crippen LogP contribution is -2.64. The molecule has 4 heterocycles. The van der Waals surface area contributed by atoms with Crippen molar-refractivity contribution in [2.45, 2.75) is 25.0 Å². The third-order valence-corrected chi connectivity index (χ3v) is 6.21. The fourth-order valence-corrected chi connectivity index (χ4v) is 4.76. The van der Waals surface area contributed by atoms with Crippen LogP contribution in [0.2, 0.25) is 0 Å². The highest BCUT2D eigenvalue weighted by Gasteiger charge is 2.52. The number of hydrogen-bond acceptors (Lipinski definition) is 5. The first-order chi connectivity index (χ1) is 14.5. The highest BCUT2D eigenvalue weighted by Crippen LogP contribution is 2.47. The Bertz CT molecular complexity index is 996. The van der Waals surface area contributed by atoms with Gasteiger partial charge >= 0.3 is 0 Å². The Morgan fingerprint density at radius 1 is 1.07 bits per heavy atom. The number of hydrogen-bond donors (Lipinski definition) is 1. The molecule has 1 N–H and O–H groups in total. The topological polar surface area (TPSA) is 92.1 Å². The molecule has 8 nitrogen and oxygen atoms in total. The lowest BCUT2D eigenvalue weighted by molar-refractivity contribution is -0.153. The van der Waals surface area contributed by atoms with Crippen molar-refractivity contribution >= 4 is 17.7 Å². The maximum atomic E-state index is 13.4. The Labute approximate surface area is 173 Å². The van der Waals surface area contributed by atoms with Gasteiger partial charge in [-0.05, 0) is 30.7 Å². The Balaban J connectivity index is 1.33. The number of amides is 3. The standard InChI is InChI=1S/C22H23N3O5/c1-22-13-15(14-5-2-3-6-16(14)30-22)18(19(26)23-22)21(28)25-10-8-24(9-11-25)20(27)17-7-4-12-29-17/h2-7,12,15,18H,8-11,13H2,1H3,(H,23,26). The van der Waals surface area contributed by atoms with Gasteiger partial charge in [0.2, 0.25) is 11.8 Å². The van der Waals surface area contributed by atoms with E-state index in [0.717, 1.165) is 5.56 Å². The Hall–Kier alpha value is -3.29. The van der Waals surface area contributed by atoms with Crippen molar-refractivity contribution < 1.29 is 23.5 Å². The molecule has 1 aromatic heterocycles. The second kappa shape index (κ2) is 6.90. The van der Waals surface area contributed by atoms with Crippen LogP contribution in [0.1, 0.15) is 35.4 Å². The minimum Gasteiger partial charge on any atom is -0.468 e. The van der Waals surface area contributed by atoms with E-state index in [1.165, 1.54) is 6.26 Å². The zero-order chi connectivity index (χ0) is 20.9. The molecule has 3 amide bonds. The molecule has 30 heavy (non-hydrogen) atoms. The number of para-hydroxylation sites is 1. The summed E-state index contributed by atoms with van der Waals surface area (Å²) in [6, 6.07) is 10.9. The first-order valence-corrected chi connectivity index (χ1v) is 10.2. The van der Waals surface area contributed by atoms with E-state index in [1.807, 2.05) is 31.2 Å². The average molecular weight is 409 g/mol. The summed E-state index contributed by atoms with van der Waals surface area (Å²) in [5, 5.41) is 2.90. The number of piperazine rings is 1. The maximum absolute atomic E-state index is 13.4. The first kappa shape index (κ1) is 18.7. The molecule has 0 aliphatic carbocycles. The SMILES string of the molecule is CC12CC(c3ccccc3O1)C(C(=O)N1CCN(C(=O)c3ccco3)CC1)C(=O)N2. The molecule has 156 valence electrons. The predicted molar refractivity (Wildman–Crippen MR) is 106 cm³/mol. The number of fused-ring (bicyclic) bond motifs is 4. The molecule has 3 aliphatic rings. The van der Waals surface area contributed by atoms with E-state index in [0.29, 0.717) is 44.1 Å². The lowest BCUT2D eigenvalue weighted by atomic mass is 9.74. The number of carbonyl (C=O) groups is 3. The number of furan rings is 1. The Morgan fingerprint density at radius 2 is 1.80 bits per heavy atom. The molecule has 3 unspecified atom stereocenters. The van der Waals surface area contributed by atoms with Gasteiger partial charge in [-0.3, -0.25) is 14.4 Å². The fourth-order valence-electron chi connectivity index (χ4n) is 4.76. The van der Waals surface area contributed by atoms with Gasteiger partial charge in [0.25, 0.3) is 5.91 Å². The Morgan fingerprint density at radius 3 is 2.53 bits per heavy atom. The van der Waals surface area contributed by atoms with Crippen LogP contribution in [0, 0.1) is 5.92 Å². The molecule has 1 aromatic carbocycles. The van der Waals surface area contributed by atoms with Crippen LogP contribution in [0.3, 0.4) is 0 Å². The van der Waals surface area contributed by atoms with E-state index in [-0.39, 0.29) is 23.6 Å². The van der Waals surface area contributed by atoms with Crippen LogP contribution in [0.15, 0.2) is 47.1 Å². The number of nitrogens with one attached hydrogen (secondary N) is 1. The van der Waals surface area contributed by atoms with Crippen molar-refractivity contribution in [3.8, 4) is 5.75 Å². The second-order valence-electron chi connectivity index (χ2n) is 8.24. The summed E-state index contributed by atoms with van der Waals surface area (Å²) >= 11 is 0. The van der Waals surface area contributed by atoms with Gasteiger partial charge in [-0.15, -0.1) is 0 Å². The quantitative estimate of drug-likeness (QED) is 0.761. The van der Waals surface area contributed by atoms with Crippen molar-refractivity contribution in [3.05, 3.63) is 54.0 Å². The van der Waals surface area contributed by atoms with Crippen LogP contribution in [0.4, 0.5) is 0 Å². The summed E-state index contributed by atoms with van der Waals surface area (Å²) in [6.07, 6.45) is 2.01. The van der Waals surface area contributed by atoms with Crippen LogP contribution in [-0.4, -0.2) is 59.4 Å². The molecule has 0 saturated carbocycles. The van der Waals surface area contributed by atoms with Gasteiger partial charge in [0.15, 0.2) is 11.5 Å². The summed E-state index contributed by atoms with van der Waals surface area (Å²) in [5.41, 5.74) is 0.0934. The molecule has 2 aromatic rings. The Kier molecular flexibility index (Phi) is 4.30. The molecular weight excluding hydrogens is 386 g/mol. The molecule has 5 rings (SSSR count). The molecule has 2 bridgehead atoms. The summed E-state index contributed by atoms with van der Waals surface area (Å²) in [7, 11) is 0. The van der Waals surface area contributed by atoms with Crippen molar-refractivity contribution in [1.29, 1.82) is 0 Å². The fraction of sp³-hybridized carbons (Fsp3) is 0.409. The smallest absolute Gasteiger partial charge is 0.289 e. The van der Waals surface area contributed by atoms with Gasteiger partial charge < -0.3 is 24.3 Å². The monoisotopic (exact) mass is 409 g/mol. The second-order valence-corrected chi connectivity index (χ2v) is 8.24. The number of piperidine rings is 1. The number of ether oxygens (including phenoxy) is 1. The van der Waals surface area contributed by atoms with E-state index < -0.39 is 11.6 Å². The highest BCUT2D eigenvalue weighted by atomic mass is 16.5. The normalized spacial score (nSPS) is 27.7. The van der Waals surface area contributed by atoms with Gasteiger partial charge in [-0.2, -0.15) is 0 Å². The van der Waals surface area contributed by atoms with E-state index in [1.54, 1.807) is 21.9 Å². The highest BCUT2D eigenvalue weighted by molar-refractivity contribution is 6.02. The number of benzene rings is 1. The summed E-state index contributed by atoms with van der Waals surface area (Å²) in [4.78, 5) is 42.1. The zero-order valence-electron chi connectivity index (χ0n) is 16.7. The number of nitrogens with zero attached hydrogens (tertiary/aromatic N) is 2. The predicted octanol–water partition coefficient (Wildman–Crippen LogP) is 1.59. The van der Waals surface area contributed by atoms with Crippen molar-refractivity contribution in [1.82, 2.24) is 15.1 Å². The number of carbonyl (C=O) groups excluding carboxylic acids is 3. The molecule has 3 atom stereocenters. The van der Waals surface area contributed by atoms with Crippen molar-refractivity contribution in [2.75, 3.05) is 26.2 Å². The minimum atomic E-state index is -0.805. The third-order valence-electron chi connectivity index (χ3n) is 6.21. The molecular formula is C22H23N3O5. The average Bonchev–Trinajstić information content (AvgIpc) is 3.27. The van der Waals surface area contributed by atoms with Crippen LogP contribution in [0.25, 0.3) is 0 Å². The zero-order valence-corrected chi connectivity index (χ0v) is 16.7. The lowest BCUT2D eigenvalue weighted by Gasteiger charge is -2.48. The number of rotatable bonds is 2. The summed E-state index contributed by atoms with van der Waals surface area (Å²) in [5.74, 6) is -0.706.